The highest BCUT2D eigenvalue weighted by Crippen LogP contribution is 2.36. The third-order valence-corrected chi connectivity index (χ3v) is 5.34. The lowest BCUT2D eigenvalue weighted by Crippen LogP contribution is -2.40. The predicted octanol–water partition coefficient (Wildman–Crippen LogP) is 5.18. The van der Waals surface area contributed by atoms with Crippen molar-refractivity contribution in [2.75, 3.05) is 6.54 Å². The van der Waals surface area contributed by atoms with Crippen molar-refractivity contribution in [1.29, 1.82) is 0 Å². The maximum Gasteiger partial charge on any atom is 0.254 e. The van der Waals surface area contributed by atoms with Crippen LogP contribution in [-0.2, 0) is 12.8 Å². The van der Waals surface area contributed by atoms with E-state index in [9.17, 15) is 9.18 Å². The number of halogens is 1. The molecule has 1 unspecified atom stereocenters. The minimum Gasteiger partial charge on any atom is -0.327 e. The zero-order chi connectivity index (χ0) is 18.8. The number of rotatable bonds is 3. The van der Waals surface area contributed by atoms with E-state index in [1.165, 1.54) is 23.3 Å². The van der Waals surface area contributed by atoms with Crippen LogP contribution in [-0.4, -0.2) is 17.4 Å². The first-order valence-electron chi connectivity index (χ1n) is 9.40. The van der Waals surface area contributed by atoms with E-state index in [0.717, 1.165) is 24.0 Å². The van der Waals surface area contributed by atoms with E-state index in [1.807, 2.05) is 41.3 Å². The minimum absolute atomic E-state index is 0.0153. The number of carbonyl (C=O) groups excluding carboxylic acids is 1. The summed E-state index contributed by atoms with van der Waals surface area (Å²) in [6.07, 6.45) is 1.77. The van der Waals surface area contributed by atoms with E-state index in [2.05, 4.69) is 19.1 Å². The van der Waals surface area contributed by atoms with Gasteiger partial charge >= 0.3 is 0 Å². The first-order valence-corrected chi connectivity index (χ1v) is 9.40. The summed E-state index contributed by atoms with van der Waals surface area (Å²) in [5.41, 5.74) is 5.21. The second kappa shape index (κ2) is 7.36. The molecule has 1 amide bonds. The van der Waals surface area contributed by atoms with Gasteiger partial charge in [0.2, 0.25) is 0 Å². The molecule has 1 atom stereocenters. The zero-order valence-electron chi connectivity index (χ0n) is 15.4. The number of nitrogens with zero attached hydrogens (tertiary/aromatic N) is 1. The van der Waals surface area contributed by atoms with Gasteiger partial charge in [-0.1, -0.05) is 55.5 Å². The summed E-state index contributed by atoms with van der Waals surface area (Å²) in [6, 6.07) is 22.3. The highest BCUT2D eigenvalue weighted by molar-refractivity contribution is 5.95. The molecule has 27 heavy (non-hydrogen) atoms. The summed E-state index contributed by atoms with van der Waals surface area (Å²) in [4.78, 5) is 15.2. The van der Waals surface area contributed by atoms with E-state index in [0.29, 0.717) is 12.1 Å². The van der Waals surface area contributed by atoms with Crippen LogP contribution >= 0.6 is 0 Å². The van der Waals surface area contributed by atoms with Crippen LogP contribution in [0.2, 0.25) is 0 Å². The Labute approximate surface area is 159 Å². The fourth-order valence-corrected chi connectivity index (χ4v) is 3.84. The van der Waals surface area contributed by atoms with Crippen LogP contribution in [0, 0.1) is 5.82 Å². The van der Waals surface area contributed by atoms with E-state index >= 15 is 0 Å². The largest absolute Gasteiger partial charge is 0.327 e. The topological polar surface area (TPSA) is 20.3 Å². The maximum atomic E-state index is 13.5. The number of fused-ring (bicyclic) bond motifs is 1. The van der Waals surface area contributed by atoms with Crippen LogP contribution in [0.5, 0.6) is 0 Å². The molecule has 3 aromatic carbocycles. The van der Waals surface area contributed by atoms with Crippen LogP contribution in [0.15, 0.2) is 72.8 Å². The highest BCUT2D eigenvalue weighted by atomic mass is 19.1. The fourth-order valence-electron chi connectivity index (χ4n) is 3.84. The Morgan fingerprint density at radius 1 is 1.00 bits per heavy atom. The second-order valence-corrected chi connectivity index (χ2v) is 6.95. The van der Waals surface area contributed by atoms with Gasteiger partial charge in [-0.3, -0.25) is 4.79 Å². The van der Waals surface area contributed by atoms with Gasteiger partial charge in [-0.15, -0.1) is 0 Å². The van der Waals surface area contributed by atoms with Crippen LogP contribution in [0.1, 0.15) is 45.6 Å². The van der Waals surface area contributed by atoms with Crippen molar-refractivity contribution in [2.24, 2.45) is 0 Å². The van der Waals surface area contributed by atoms with E-state index in [-0.39, 0.29) is 17.8 Å². The number of hydrogen-bond donors (Lipinski definition) is 0. The molecular formula is C24H22FNO. The molecule has 3 aromatic rings. The van der Waals surface area contributed by atoms with Crippen LogP contribution < -0.4 is 0 Å². The van der Waals surface area contributed by atoms with Crippen molar-refractivity contribution >= 4 is 5.91 Å². The third kappa shape index (κ3) is 3.37. The van der Waals surface area contributed by atoms with E-state index in [1.54, 1.807) is 12.1 Å². The molecule has 1 aliphatic rings. The Balaban J connectivity index is 1.75. The van der Waals surface area contributed by atoms with Crippen LogP contribution in [0.3, 0.4) is 0 Å². The summed E-state index contributed by atoms with van der Waals surface area (Å²) in [7, 11) is 0. The molecular weight excluding hydrogens is 337 g/mol. The van der Waals surface area contributed by atoms with Gasteiger partial charge in [-0.05, 0) is 59.4 Å². The monoisotopic (exact) mass is 359 g/mol. The third-order valence-electron chi connectivity index (χ3n) is 5.34. The first kappa shape index (κ1) is 17.5. The molecule has 0 saturated heterocycles. The molecule has 2 nitrogen and oxygen atoms in total. The van der Waals surface area contributed by atoms with Crippen molar-refractivity contribution in [3.8, 4) is 0 Å². The molecule has 3 heteroatoms. The quantitative estimate of drug-likeness (QED) is 0.631. The van der Waals surface area contributed by atoms with Crippen molar-refractivity contribution < 1.29 is 9.18 Å². The zero-order valence-corrected chi connectivity index (χ0v) is 15.4. The Hall–Kier alpha value is -2.94. The molecule has 0 aliphatic carbocycles. The molecule has 136 valence electrons. The molecule has 0 N–H and O–H groups in total. The average Bonchev–Trinajstić information content (AvgIpc) is 2.73. The lowest BCUT2D eigenvalue weighted by atomic mass is 9.87. The van der Waals surface area contributed by atoms with Crippen LogP contribution in [0.25, 0.3) is 0 Å². The second-order valence-electron chi connectivity index (χ2n) is 6.95. The number of carbonyl (C=O) groups is 1. The molecule has 0 spiro atoms. The van der Waals surface area contributed by atoms with Gasteiger partial charge in [0.1, 0.15) is 5.82 Å². The smallest absolute Gasteiger partial charge is 0.254 e. The molecule has 4 rings (SSSR count). The molecule has 1 aliphatic heterocycles. The lowest BCUT2D eigenvalue weighted by molar-refractivity contribution is 0.0694. The van der Waals surface area contributed by atoms with E-state index in [4.69, 9.17) is 0 Å². The van der Waals surface area contributed by atoms with Gasteiger partial charge in [-0.25, -0.2) is 4.39 Å². The van der Waals surface area contributed by atoms with Gasteiger partial charge in [-0.2, -0.15) is 0 Å². The first-order chi connectivity index (χ1) is 13.2. The molecule has 1 heterocycles. The van der Waals surface area contributed by atoms with Crippen molar-refractivity contribution in [3.05, 3.63) is 106 Å². The summed E-state index contributed by atoms with van der Waals surface area (Å²) in [6.45, 7) is 2.75. The van der Waals surface area contributed by atoms with Gasteiger partial charge in [0.05, 0.1) is 6.04 Å². The predicted molar refractivity (Wildman–Crippen MR) is 105 cm³/mol. The van der Waals surface area contributed by atoms with Crippen LogP contribution in [0.4, 0.5) is 4.39 Å². The van der Waals surface area contributed by atoms with Crippen molar-refractivity contribution in [2.45, 2.75) is 25.8 Å². The highest BCUT2D eigenvalue weighted by Gasteiger charge is 2.32. The normalized spacial score (nSPS) is 16.1. The standard InChI is InChI=1S/C24H22FNO/c1-2-17-7-9-20(10-8-17)24(27)26-16-15-18-5-3-4-6-22(18)23(26)19-11-13-21(25)14-12-19/h3-14,23H,2,15-16H2,1H3. The molecule has 0 radical (unpaired) electrons. The van der Waals surface area contributed by atoms with E-state index < -0.39 is 0 Å². The summed E-state index contributed by atoms with van der Waals surface area (Å²) in [5, 5.41) is 0. The molecule has 0 aromatic heterocycles. The van der Waals surface area contributed by atoms with Gasteiger partial charge < -0.3 is 4.90 Å². The maximum absolute atomic E-state index is 13.5. The number of amides is 1. The van der Waals surface area contributed by atoms with Crippen molar-refractivity contribution in [3.63, 3.8) is 0 Å². The summed E-state index contributed by atoms with van der Waals surface area (Å²) < 4.78 is 13.5. The van der Waals surface area contributed by atoms with Crippen molar-refractivity contribution in [1.82, 2.24) is 4.90 Å². The SMILES string of the molecule is CCc1ccc(C(=O)N2CCc3ccccc3C2c2ccc(F)cc2)cc1. The lowest BCUT2D eigenvalue weighted by Gasteiger charge is -2.38. The fraction of sp³-hybridized carbons (Fsp3) is 0.208. The molecule has 0 saturated carbocycles. The summed E-state index contributed by atoms with van der Waals surface area (Å²) in [5.74, 6) is -0.252. The van der Waals surface area contributed by atoms with Gasteiger partial charge in [0.25, 0.3) is 5.91 Å². The minimum atomic E-state index is -0.268. The Kier molecular flexibility index (Phi) is 4.76. The Bertz CT molecular complexity index is 947. The van der Waals surface area contributed by atoms with Gasteiger partial charge in [0.15, 0.2) is 0 Å². The number of aryl methyl sites for hydroxylation is 1. The number of benzene rings is 3. The summed E-state index contributed by atoms with van der Waals surface area (Å²) >= 11 is 0. The molecule has 0 bridgehead atoms. The Morgan fingerprint density at radius 3 is 2.41 bits per heavy atom. The molecule has 0 fully saturated rings. The average molecular weight is 359 g/mol. The van der Waals surface area contributed by atoms with Gasteiger partial charge in [0, 0.05) is 12.1 Å². The number of hydrogen-bond acceptors (Lipinski definition) is 1. The Morgan fingerprint density at radius 2 is 1.70 bits per heavy atom.